The Balaban J connectivity index is 1.83. The van der Waals surface area contributed by atoms with Crippen LogP contribution >= 0.6 is 0 Å². The van der Waals surface area contributed by atoms with E-state index < -0.39 is 59.0 Å². The van der Waals surface area contributed by atoms with Crippen molar-refractivity contribution in [1.82, 2.24) is 10.2 Å². The third kappa shape index (κ3) is 5.15. The van der Waals surface area contributed by atoms with Gasteiger partial charge in [0.05, 0.1) is 29.4 Å². The van der Waals surface area contributed by atoms with Crippen molar-refractivity contribution in [2.24, 2.45) is 17.6 Å². The fourth-order valence-electron chi connectivity index (χ4n) is 6.42. The summed E-state index contributed by atoms with van der Waals surface area (Å²) in [5, 5.41) is 51.4. The van der Waals surface area contributed by atoms with E-state index in [4.69, 9.17) is 5.73 Å². The van der Waals surface area contributed by atoms with Gasteiger partial charge in [-0.1, -0.05) is 0 Å². The predicted octanol–water partition coefficient (Wildman–Crippen LogP) is 1.33. The van der Waals surface area contributed by atoms with Crippen molar-refractivity contribution in [3.63, 3.8) is 0 Å². The minimum atomic E-state index is -2.05. The Bertz CT molecular complexity index is 1370. The summed E-state index contributed by atoms with van der Waals surface area (Å²) in [5.41, 5.74) is 4.00. The monoisotopic (exact) mass is 571 g/mol. The second kappa shape index (κ2) is 10.3. The van der Waals surface area contributed by atoms with Crippen LogP contribution in [-0.2, 0) is 16.0 Å². The summed E-state index contributed by atoms with van der Waals surface area (Å²) in [6.45, 7) is 5.71. The van der Waals surface area contributed by atoms with Gasteiger partial charge in [-0.2, -0.15) is 0 Å². The van der Waals surface area contributed by atoms with E-state index in [9.17, 15) is 34.8 Å². The molecular weight excluding hydrogens is 530 g/mol. The van der Waals surface area contributed by atoms with Crippen LogP contribution in [0.5, 0.6) is 5.75 Å². The Labute approximate surface area is 239 Å². The number of likely N-dealkylation sites (N-methyl/N-ethyl adjacent to an activating group) is 1. The summed E-state index contributed by atoms with van der Waals surface area (Å²) in [7, 11) is 6.92. The number of fused-ring (bicyclic) bond motifs is 3. The van der Waals surface area contributed by atoms with Gasteiger partial charge in [0.1, 0.15) is 17.1 Å². The average Bonchev–Trinajstić information content (AvgIpc) is 2.84. The van der Waals surface area contributed by atoms with Crippen molar-refractivity contribution in [2.75, 3.05) is 45.0 Å². The number of Topliss-reactive ketones (excluding diaryl/α,β-unsaturated/α-hetero) is 1. The van der Waals surface area contributed by atoms with Gasteiger partial charge in [0.2, 0.25) is 11.8 Å². The molecule has 3 aliphatic carbocycles. The second-order valence-electron chi connectivity index (χ2n) is 12.8. The van der Waals surface area contributed by atoms with Crippen LogP contribution < -0.4 is 21.3 Å². The molecule has 2 amide bonds. The van der Waals surface area contributed by atoms with Crippen LogP contribution in [0.1, 0.15) is 49.5 Å². The number of primary amides is 1. The lowest BCUT2D eigenvalue weighted by Crippen LogP contribution is -2.59. The highest BCUT2D eigenvalue weighted by atomic mass is 16.3. The number of rotatable bonds is 6. The molecule has 0 radical (unpaired) electrons. The normalized spacial score (nSPS) is 26.0. The Morgan fingerprint density at radius 3 is 2.32 bits per heavy atom. The lowest BCUT2D eigenvalue weighted by Gasteiger charge is -2.51. The van der Waals surface area contributed by atoms with Crippen LogP contribution in [0.25, 0.3) is 0 Å². The molecule has 3 aliphatic rings. The number of anilines is 2. The Morgan fingerprint density at radius 2 is 1.78 bits per heavy atom. The van der Waals surface area contributed by atoms with Crippen LogP contribution in [0, 0.1) is 11.8 Å². The van der Waals surface area contributed by atoms with Gasteiger partial charge in [-0.05, 0) is 65.3 Å². The summed E-state index contributed by atoms with van der Waals surface area (Å²) in [5.74, 6) is -4.61. The van der Waals surface area contributed by atoms with Gasteiger partial charge in [0.15, 0.2) is 11.5 Å². The maximum atomic E-state index is 14.1. The van der Waals surface area contributed by atoms with Crippen molar-refractivity contribution >= 4 is 29.0 Å². The first-order valence-corrected chi connectivity index (χ1v) is 13.6. The molecule has 0 heterocycles. The summed E-state index contributed by atoms with van der Waals surface area (Å²) >= 11 is 0. The highest BCUT2D eigenvalue weighted by Crippen LogP contribution is 2.54. The molecule has 0 fully saturated rings. The number of carbonyl (C=O) groups is 3. The van der Waals surface area contributed by atoms with E-state index in [1.165, 1.54) is 0 Å². The van der Waals surface area contributed by atoms with Gasteiger partial charge < -0.3 is 41.7 Å². The number of carbonyl (C=O) groups excluding carboxylic acids is 3. The number of phenolic OH excluding ortho intramolecular Hbond substituents is 1. The Hall–Kier alpha value is -3.61. The van der Waals surface area contributed by atoms with Gasteiger partial charge in [0.25, 0.3) is 0 Å². The number of aliphatic hydroxyl groups excluding tert-OH is 2. The molecule has 12 heteroatoms. The molecule has 0 saturated carbocycles. The summed E-state index contributed by atoms with van der Waals surface area (Å²) in [6.07, 6.45) is 0.00298. The first kappa shape index (κ1) is 30.4. The number of aromatic hydroxyl groups is 1. The molecule has 1 aromatic rings. The maximum Gasteiger partial charge on any atom is 0.248 e. The quantitative estimate of drug-likeness (QED) is 0.245. The molecule has 0 aromatic heterocycles. The van der Waals surface area contributed by atoms with E-state index >= 15 is 0 Å². The highest BCUT2D eigenvalue weighted by molar-refractivity contribution is 6.16. The van der Waals surface area contributed by atoms with Crippen molar-refractivity contribution in [2.45, 2.75) is 57.2 Å². The van der Waals surface area contributed by atoms with Crippen molar-refractivity contribution in [3.8, 4) is 5.75 Å². The maximum absolute atomic E-state index is 14.1. The van der Waals surface area contributed by atoms with Gasteiger partial charge in [0, 0.05) is 43.2 Å². The number of allylic oxidation sites excluding steroid dienone is 1. The number of nitrogens with two attached hydrogens (primary N) is 1. The molecule has 0 unspecified atom stereocenters. The Morgan fingerprint density at radius 1 is 1.15 bits per heavy atom. The topological polar surface area (TPSA) is 189 Å². The number of phenols is 1. The van der Waals surface area contributed by atoms with Crippen LogP contribution in [0.15, 0.2) is 28.7 Å². The first-order chi connectivity index (χ1) is 18.9. The fraction of sp³-hybridized carbons (Fsp3) is 0.552. The Kier molecular flexibility index (Phi) is 7.65. The van der Waals surface area contributed by atoms with Crippen LogP contribution in [-0.4, -0.2) is 94.8 Å². The van der Waals surface area contributed by atoms with Crippen molar-refractivity contribution in [1.29, 1.82) is 0 Å². The number of ketones is 1. The van der Waals surface area contributed by atoms with Crippen molar-refractivity contribution < 1.29 is 34.8 Å². The fourth-order valence-corrected chi connectivity index (χ4v) is 6.42. The number of benzene rings is 1. The zero-order valence-electron chi connectivity index (χ0n) is 24.6. The van der Waals surface area contributed by atoms with E-state index in [-0.39, 0.29) is 53.1 Å². The molecule has 0 saturated heterocycles. The van der Waals surface area contributed by atoms with E-state index in [1.807, 2.05) is 20.8 Å². The summed E-state index contributed by atoms with van der Waals surface area (Å²) in [4.78, 5) is 42.3. The number of nitrogens with one attached hydrogen (secondary N) is 2. The zero-order valence-corrected chi connectivity index (χ0v) is 24.6. The van der Waals surface area contributed by atoms with Gasteiger partial charge in [-0.3, -0.25) is 19.3 Å². The molecule has 0 bridgehead atoms. The van der Waals surface area contributed by atoms with Crippen LogP contribution in [0.3, 0.4) is 0 Å². The molecule has 8 N–H and O–H groups in total. The first-order valence-electron chi connectivity index (χ1n) is 13.6. The molecule has 41 heavy (non-hydrogen) atoms. The SMILES string of the molecule is CN(C)c1cc(NC(=O)CNC(C)(C)C)c(O)c2c1C[C@H]1C[C@H]3[C@H](N(C)C)C(O)=C(C(N)=O)C[C@@]3(O)C(O)=C1C2=O. The standard InChI is InChI=1S/C29H41N5O7/c1-28(2,3)31-12-19(35)32-17-10-18(33(4)5)14-8-13-9-16-22(34(6)7)23(36)15(27(30)40)11-29(16,41)26(39)20(13)25(38)21(14)24(17)37/h10,13,16,22,31,36-37,39,41H,8-9,11-12H2,1-7H3,(H2,30,40)(H,32,35)/t13-,16-,22-,29-/m0/s1. The lowest BCUT2D eigenvalue weighted by molar-refractivity contribution is -0.118. The summed E-state index contributed by atoms with van der Waals surface area (Å²) in [6, 6.07) is 0.777. The smallest absolute Gasteiger partial charge is 0.248 e. The lowest BCUT2D eigenvalue weighted by atomic mass is 9.59. The van der Waals surface area contributed by atoms with E-state index in [0.717, 1.165) is 0 Å². The predicted molar refractivity (Wildman–Crippen MR) is 154 cm³/mol. The van der Waals surface area contributed by atoms with Gasteiger partial charge >= 0.3 is 0 Å². The molecule has 224 valence electrons. The van der Waals surface area contributed by atoms with E-state index in [0.29, 0.717) is 11.3 Å². The molecule has 4 rings (SSSR count). The minimum Gasteiger partial charge on any atom is -0.510 e. The molecule has 12 nitrogen and oxygen atoms in total. The molecule has 4 atom stereocenters. The molecule has 0 spiro atoms. The van der Waals surface area contributed by atoms with Crippen LogP contribution in [0.2, 0.25) is 0 Å². The molecular formula is C29H41N5O7. The van der Waals surface area contributed by atoms with Crippen molar-refractivity contribution in [3.05, 3.63) is 39.9 Å². The number of amides is 2. The summed E-state index contributed by atoms with van der Waals surface area (Å²) < 4.78 is 0. The minimum absolute atomic E-state index is 0.0245. The van der Waals surface area contributed by atoms with E-state index in [1.54, 1.807) is 44.1 Å². The number of hydrogen-bond donors (Lipinski definition) is 7. The second-order valence-corrected chi connectivity index (χ2v) is 12.8. The van der Waals surface area contributed by atoms with E-state index in [2.05, 4.69) is 10.6 Å². The van der Waals surface area contributed by atoms with Gasteiger partial charge in [-0.15, -0.1) is 0 Å². The molecule has 1 aromatic carbocycles. The number of aliphatic hydroxyl groups is 3. The third-order valence-electron chi connectivity index (χ3n) is 8.34. The largest absolute Gasteiger partial charge is 0.510 e. The average molecular weight is 572 g/mol. The van der Waals surface area contributed by atoms with Crippen LogP contribution in [0.4, 0.5) is 11.4 Å². The number of hydrogen-bond acceptors (Lipinski definition) is 10. The third-order valence-corrected chi connectivity index (χ3v) is 8.34. The zero-order chi connectivity index (χ0) is 30.8. The molecule has 0 aliphatic heterocycles. The highest BCUT2D eigenvalue weighted by Gasteiger charge is 2.58. The number of nitrogens with zero attached hydrogens (tertiary/aromatic N) is 2. The van der Waals surface area contributed by atoms with Gasteiger partial charge in [-0.25, -0.2) is 0 Å².